The van der Waals surface area contributed by atoms with Crippen molar-refractivity contribution in [2.75, 3.05) is 26.7 Å². The van der Waals surface area contributed by atoms with Crippen molar-refractivity contribution in [2.24, 2.45) is 0 Å². The van der Waals surface area contributed by atoms with E-state index in [1.165, 1.54) is 7.11 Å². The van der Waals surface area contributed by atoms with E-state index in [4.69, 9.17) is 0 Å². The molecule has 1 N–H and O–H groups in total. The second kappa shape index (κ2) is 6.48. The average Bonchev–Trinajstić information content (AvgIpc) is 3.08. The molecule has 5 heteroatoms. The second-order valence-corrected chi connectivity index (χ2v) is 4.05. The Morgan fingerprint density at radius 2 is 2.12 bits per heavy atom. The molecule has 0 spiro atoms. The van der Waals surface area contributed by atoms with Crippen LogP contribution in [0.4, 0.5) is 0 Å². The lowest BCUT2D eigenvalue weighted by Gasteiger charge is -2.20. The fraction of sp³-hybridized carbons (Fsp3) is 0.818. The quantitative estimate of drug-likeness (QED) is 0.630. The Kier molecular flexibility index (Phi) is 5.25. The normalized spacial score (nSPS) is 14.6. The first-order chi connectivity index (χ1) is 7.67. The van der Waals surface area contributed by atoms with Crippen LogP contribution in [0.5, 0.6) is 0 Å². The molecule has 1 amide bonds. The van der Waals surface area contributed by atoms with E-state index in [9.17, 15) is 9.59 Å². The fourth-order valence-corrected chi connectivity index (χ4v) is 1.41. The van der Waals surface area contributed by atoms with Crippen LogP contribution < -0.4 is 5.32 Å². The van der Waals surface area contributed by atoms with E-state index in [0.717, 1.165) is 19.3 Å². The summed E-state index contributed by atoms with van der Waals surface area (Å²) in [5.74, 6) is -0.396. The Morgan fingerprint density at radius 3 is 2.62 bits per heavy atom. The molecular formula is C11H20N2O3. The van der Waals surface area contributed by atoms with E-state index in [0.29, 0.717) is 19.1 Å². The SMILES string of the molecule is CCCN(CC(=O)OC)C(=O)CNC1CC1. The fourth-order valence-electron chi connectivity index (χ4n) is 1.41. The first kappa shape index (κ1) is 13.0. The highest BCUT2D eigenvalue weighted by Gasteiger charge is 2.23. The van der Waals surface area contributed by atoms with Gasteiger partial charge in [-0.05, 0) is 19.3 Å². The molecule has 0 atom stereocenters. The molecule has 1 saturated carbocycles. The van der Waals surface area contributed by atoms with Crippen LogP contribution in [0, 0.1) is 0 Å². The van der Waals surface area contributed by atoms with Crippen LogP contribution in [0.25, 0.3) is 0 Å². The summed E-state index contributed by atoms with van der Waals surface area (Å²) in [6.45, 7) is 2.95. The molecule has 0 unspecified atom stereocenters. The molecule has 0 aliphatic heterocycles. The first-order valence-electron chi connectivity index (χ1n) is 5.75. The third-order valence-corrected chi connectivity index (χ3v) is 2.51. The molecule has 1 aliphatic carbocycles. The lowest BCUT2D eigenvalue weighted by atomic mass is 10.3. The minimum atomic E-state index is -0.367. The molecule has 16 heavy (non-hydrogen) atoms. The molecule has 5 nitrogen and oxygen atoms in total. The van der Waals surface area contributed by atoms with Gasteiger partial charge in [0.25, 0.3) is 0 Å². The molecule has 0 radical (unpaired) electrons. The number of nitrogens with one attached hydrogen (secondary N) is 1. The highest BCUT2D eigenvalue weighted by Crippen LogP contribution is 2.18. The van der Waals surface area contributed by atoms with Gasteiger partial charge in [-0.2, -0.15) is 0 Å². The minimum Gasteiger partial charge on any atom is -0.468 e. The maximum atomic E-state index is 11.8. The first-order valence-corrected chi connectivity index (χ1v) is 5.75. The van der Waals surface area contributed by atoms with Crippen LogP contribution >= 0.6 is 0 Å². The summed E-state index contributed by atoms with van der Waals surface area (Å²) in [6, 6.07) is 0.505. The van der Waals surface area contributed by atoms with Gasteiger partial charge in [-0.25, -0.2) is 0 Å². The van der Waals surface area contributed by atoms with Crippen LogP contribution in [0.2, 0.25) is 0 Å². The Balaban J connectivity index is 2.33. The number of esters is 1. The van der Waals surface area contributed by atoms with E-state index < -0.39 is 0 Å². The number of nitrogens with zero attached hydrogens (tertiary/aromatic N) is 1. The largest absolute Gasteiger partial charge is 0.468 e. The van der Waals surface area contributed by atoms with Crippen LogP contribution in [0.15, 0.2) is 0 Å². The molecule has 1 aliphatic rings. The van der Waals surface area contributed by atoms with Gasteiger partial charge in [-0.15, -0.1) is 0 Å². The molecule has 0 aromatic carbocycles. The van der Waals surface area contributed by atoms with Gasteiger partial charge in [-0.1, -0.05) is 6.92 Å². The van der Waals surface area contributed by atoms with Gasteiger partial charge >= 0.3 is 5.97 Å². The third-order valence-electron chi connectivity index (χ3n) is 2.51. The molecule has 92 valence electrons. The van der Waals surface area contributed by atoms with Crippen molar-refractivity contribution in [1.29, 1.82) is 0 Å². The van der Waals surface area contributed by atoms with Gasteiger partial charge in [0.2, 0.25) is 5.91 Å². The number of carbonyl (C=O) groups is 2. The smallest absolute Gasteiger partial charge is 0.325 e. The maximum Gasteiger partial charge on any atom is 0.325 e. The average molecular weight is 228 g/mol. The van der Waals surface area contributed by atoms with Crippen molar-refractivity contribution in [3.63, 3.8) is 0 Å². The zero-order valence-corrected chi connectivity index (χ0v) is 9.99. The van der Waals surface area contributed by atoms with Crippen molar-refractivity contribution >= 4 is 11.9 Å². The summed E-state index contributed by atoms with van der Waals surface area (Å²) >= 11 is 0. The Labute approximate surface area is 96.1 Å². The summed E-state index contributed by atoms with van der Waals surface area (Å²) in [5.41, 5.74) is 0. The molecule has 1 fully saturated rings. The van der Waals surface area contributed by atoms with E-state index in [1.54, 1.807) is 4.90 Å². The number of hydrogen-bond donors (Lipinski definition) is 1. The Morgan fingerprint density at radius 1 is 1.44 bits per heavy atom. The van der Waals surface area contributed by atoms with Crippen molar-refractivity contribution in [3.05, 3.63) is 0 Å². The standard InChI is InChI=1S/C11H20N2O3/c1-3-6-13(8-11(15)16-2)10(14)7-12-9-4-5-9/h9,12H,3-8H2,1-2H3. The Bertz CT molecular complexity index is 252. The summed E-state index contributed by atoms with van der Waals surface area (Å²) in [6.07, 6.45) is 3.14. The minimum absolute atomic E-state index is 0.0286. The van der Waals surface area contributed by atoms with E-state index in [-0.39, 0.29) is 18.4 Å². The summed E-state index contributed by atoms with van der Waals surface area (Å²) in [7, 11) is 1.33. The lowest BCUT2D eigenvalue weighted by Crippen LogP contribution is -2.42. The maximum absolute atomic E-state index is 11.8. The van der Waals surface area contributed by atoms with Gasteiger partial charge in [0.05, 0.1) is 13.7 Å². The van der Waals surface area contributed by atoms with Gasteiger partial charge in [0.15, 0.2) is 0 Å². The Hall–Kier alpha value is -1.10. The molecule has 0 bridgehead atoms. The number of carbonyl (C=O) groups excluding carboxylic acids is 2. The van der Waals surface area contributed by atoms with Crippen LogP contribution in [-0.4, -0.2) is 49.6 Å². The van der Waals surface area contributed by atoms with Crippen LogP contribution in [-0.2, 0) is 14.3 Å². The van der Waals surface area contributed by atoms with Crippen molar-refractivity contribution in [3.8, 4) is 0 Å². The monoisotopic (exact) mass is 228 g/mol. The molecule has 0 aromatic rings. The highest BCUT2D eigenvalue weighted by atomic mass is 16.5. The van der Waals surface area contributed by atoms with Gasteiger partial charge in [0, 0.05) is 12.6 Å². The number of amides is 1. The number of ether oxygens (including phenoxy) is 1. The number of methoxy groups -OCH3 is 1. The molecule has 0 saturated heterocycles. The molecule has 0 heterocycles. The van der Waals surface area contributed by atoms with Gasteiger partial charge < -0.3 is 15.0 Å². The van der Waals surface area contributed by atoms with E-state index >= 15 is 0 Å². The van der Waals surface area contributed by atoms with Crippen LogP contribution in [0.3, 0.4) is 0 Å². The van der Waals surface area contributed by atoms with E-state index in [1.807, 2.05) is 6.92 Å². The molecule has 0 aromatic heterocycles. The predicted molar refractivity (Wildman–Crippen MR) is 59.9 cm³/mol. The van der Waals surface area contributed by atoms with Gasteiger partial charge in [-0.3, -0.25) is 9.59 Å². The number of rotatable bonds is 7. The number of hydrogen-bond acceptors (Lipinski definition) is 4. The summed E-state index contributed by atoms with van der Waals surface area (Å²) < 4.78 is 4.56. The van der Waals surface area contributed by atoms with Gasteiger partial charge in [0.1, 0.15) is 6.54 Å². The second-order valence-electron chi connectivity index (χ2n) is 4.05. The predicted octanol–water partition coefficient (Wildman–Crippen LogP) is 0.150. The van der Waals surface area contributed by atoms with Crippen LogP contribution in [0.1, 0.15) is 26.2 Å². The zero-order valence-electron chi connectivity index (χ0n) is 9.99. The lowest BCUT2D eigenvalue weighted by molar-refractivity contribution is -0.146. The highest BCUT2D eigenvalue weighted by molar-refractivity contribution is 5.83. The topological polar surface area (TPSA) is 58.6 Å². The summed E-state index contributed by atoms with van der Waals surface area (Å²) in [4.78, 5) is 24.4. The van der Waals surface area contributed by atoms with Crippen molar-refractivity contribution < 1.29 is 14.3 Å². The third kappa shape index (κ3) is 4.61. The molecule has 1 rings (SSSR count). The van der Waals surface area contributed by atoms with Crippen molar-refractivity contribution in [1.82, 2.24) is 10.2 Å². The van der Waals surface area contributed by atoms with Crippen molar-refractivity contribution in [2.45, 2.75) is 32.2 Å². The summed E-state index contributed by atoms with van der Waals surface area (Å²) in [5, 5.41) is 3.14. The molecular weight excluding hydrogens is 208 g/mol. The van der Waals surface area contributed by atoms with E-state index in [2.05, 4.69) is 10.1 Å². The zero-order chi connectivity index (χ0) is 12.0.